The Morgan fingerprint density at radius 3 is 2.68 bits per heavy atom. The molecule has 12 heteroatoms. The zero-order valence-electron chi connectivity index (χ0n) is 17.1. The van der Waals surface area contributed by atoms with Crippen LogP contribution in [0.15, 0.2) is 29.3 Å². The molecule has 2 N–H and O–H groups in total. The van der Waals surface area contributed by atoms with E-state index < -0.39 is 14.9 Å². The van der Waals surface area contributed by atoms with Gasteiger partial charge in [-0.05, 0) is 50.8 Å². The second kappa shape index (κ2) is 8.63. The van der Waals surface area contributed by atoms with Crippen molar-refractivity contribution in [3.63, 3.8) is 0 Å². The van der Waals surface area contributed by atoms with E-state index in [1.807, 2.05) is 0 Å². The molecule has 0 radical (unpaired) electrons. The first-order valence-corrected chi connectivity index (χ1v) is 11.6. The minimum Gasteiger partial charge on any atom is -0.492 e. The summed E-state index contributed by atoms with van der Waals surface area (Å²) in [6, 6.07) is 4.90. The number of benzene rings is 1. The molecule has 0 bridgehead atoms. The monoisotopic (exact) mass is 448 g/mol. The van der Waals surface area contributed by atoms with E-state index in [9.17, 15) is 18.5 Å². The standard InChI is InChI=1S/C19H24N6O5S/c1-2-30-16-8-7-14(11-17(16)31(28,29)24-9-3-4-10-24)22-19-20-12-15(25(26)27)18(23-19)21-13-5-6-13/h7-8,11-13H,2-6,9-10H2,1H3,(H2,20,21,22,23). The van der Waals surface area contributed by atoms with E-state index in [4.69, 9.17) is 4.74 Å². The third-order valence-electron chi connectivity index (χ3n) is 5.07. The van der Waals surface area contributed by atoms with Crippen molar-refractivity contribution in [3.05, 3.63) is 34.5 Å². The summed E-state index contributed by atoms with van der Waals surface area (Å²) in [7, 11) is -3.71. The van der Waals surface area contributed by atoms with Gasteiger partial charge in [-0.15, -0.1) is 0 Å². The number of nitrogens with one attached hydrogen (secondary N) is 2. The van der Waals surface area contributed by atoms with Crippen molar-refractivity contribution in [2.75, 3.05) is 30.3 Å². The predicted octanol–water partition coefficient (Wildman–Crippen LogP) is 2.89. The molecule has 0 spiro atoms. The van der Waals surface area contributed by atoms with Gasteiger partial charge in [-0.1, -0.05) is 0 Å². The van der Waals surface area contributed by atoms with Crippen molar-refractivity contribution in [1.29, 1.82) is 0 Å². The molecule has 0 amide bonds. The summed E-state index contributed by atoms with van der Waals surface area (Å²) in [6.07, 6.45) is 4.65. The highest BCUT2D eigenvalue weighted by Crippen LogP contribution is 2.33. The maximum absolute atomic E-state index is 13.1. The fourth-order valence-electron chi connectivity index (χ4n) is 3.36. The van der Waals surface area contributed by atoms with Gasteiger partial charge in [0, 0.05) is 24.8 Å². The van der Waals surface area contributed by atoms with Crippen LogP contribution in [0.2, 0.25) is 0 Å². The molecule has 1 aliphatic heterocycles. The van der Waals surface area contributed by atoms with E-state index in [1.54, 1.807) is 19.1 Å². The molecular formula is C19H24N6O5S. The molecule has 2 heterocycles. The Balaban J connectivity index is 1.65. The van der Waals surface area contributed by atoms with Gasteiger partial charge >= 0.3 is 5.69 Å². The van der Waals surface area contributed by atoms with Gasteiger partial charge in [-0.3, -0.25) is 10.1 Å². The van der Waals surface area contributed by atoms with E-state index in [1.165, 1.54) is 10.4 Å². The summed E-state index contributed by atoms with van der Waals surface area (Å²) in [6.45, 7) is 3.08. The second-order valence-corrected chi connectivity index (χ2v) is 9.34. The lowest BCUT2D eigenvalue weighted by Crippen LogP contribution is -2.28. The first kappa shape index (κ1) is 21.2. The maximum atomic E-state index is 13.1. The van der Waals surface area contributed by atoms with Crippen molar-refractivity contribution >= 4 is 33.2 Å². The first-order chi connectivity index (χ1) is 14.9. The average molecular weight is 449 g/mol. The van der Waals surface area contributed by atoms with Gasteiger partial charge < -0.3 is 15.4 Å². The van der Waals surface area contributed by atoms with Crippen LogP contribution >= 0.6 is 0 Å². The van der Waals surface area contributed by atoms with E-state index >= 15 is 0 Å². The Hall–Kier alpha value is -2.99. The summed E-state index contributed by atoms with van der Waals surface area (Å²) >= 11 is 0. The number of sulfonamides is 1. The number of aromatic nitrogens is 2. The van der Waals surface area contributed by atoms with Gasteiger partial charge in [-0.25, -0.2) is 13.4 Å². The number of nitrogens with zero attached hydrogens (tertiary/aromatic N) is 4. The highest BCUT2D eigenvalue weighted by molar-refractivity contribution is 7.89. The summed E-state index contributed by atoms with van der Waals surface area (Å²) in [5, 5.41) is 17.2. The van der Waals surface area contributed by atoms with Crippen LogP contribution in [0.1, 0.15) is 32.6 Å². The van der Waals surface area contributed by atoms with E-state index in [-0.39, 0.29) is 34.1 Å². The summed E-state index contributed by atoms with van der Waals surface area (Å²) in [5.74, 6) is 0.545. The van der Waals surface area contributed by atoms with Gasteiger partial charge in [0.15, 0.2) is 0 Å². The van der Waals surface area contributed by atoms with E-state index in [0.717, 1.165) is 31.9 Å². The van der Waals surface area contributed by atoms with Crippen LogP contribution in [-0.4, -0.2) is 53.4 Å². The second-order valence-electron chi connectivity index (χ2n) is 7.43. The molecule has 2 aromatic rings. The Kier molecular flexibility index (Phi) is 5.92. The van der Waals surface area contributed by atoms with Crippen LogP contribution in [0.3, 0.4) is 0 Å². The van der Waals surface area contributed by atoms with Crippen LogP contribution in [-0.2, 0) is 10.0 Å². The first-order valence-electron chi connectivity index (χ1n) is 10.2. The molecule has 2 fully saturated rings. The van der Waals surface area contributed by atoms with Gasteiger partial charge in [-0.2, -0.15) is 9.29 Å². The normalized spacial score (nSPS) is 16.8. The number of ether oxygens (including phenoxy) is 1. The van der Waals surface area contributed by atoms with Gasteiger partial charge in [0.05, 0.1) is 11.5 Å². The Labute approximate surface area is 180 Å². The van der Waals surface area contributed by atoms with Crippen molar-refractivity contribution in [2.24, 2.45) is 0 Å². The zero-order chi connectivity index (χ0) is 22.0. The smallest absolute Gasteiger partial charge is 0.329 e. The Morgan fingerprint density at radius 2 is 2.03 bits per heavy atom. The molecule has 1 aliphatic carbocycles. The Bertz CT molecular complexity index is 1080. The largest absolute Gasteiger partial charge is 0.492 e. The molecule has 31 heavy (non-hydrogen) atoms. The molecule has 0 unspecified atom stereocenters. The molecule has 4 rings (SSSR count). The molecule has 0 atom stereocenters. The van der Waals surface area contributed by atoms with Crippen molar-refractivity contribution in [1.82, 2.24) is 14.3 Å². The molecule has 11 nitrogen and oxygen atoms in total. The fraction of sp³-hybridized carbons (Fsp3) is 0.474. The Morgan fingerprint density at radius 1 is 1.29 bits per heavy atom. The summed E-state index contributed by atoms with van der Waals surface area (Å²) in [4.78, 5) is 19.0. The van der Waals surface area contributed by atoms with E-state index in [0.29, 0.717) is 25.4 Å². The summed E-state index contributed by atoms with van der Waals surface area (Å²) in [5.41, 5.74) is 0.230. The minimum atomic E-state index is -3.71. The molecule has 1 saturated carbocycles. The third-order valence-corrected chi connectivity index (χ3v) is 6.99. The maximum Gasteiger partial charge on any atom is 0.329 e. The molecule has 2 aliphatic rings. The van der Waals surface area contributed by atoms with Crippen LogP contribution in [0.4, 0.5) is 23.1 Å². The van der Waals surface area contributed by atoms with Crippen LogP contribution < -0.4 is 15.4 Å². The topological polar surface area (TPSA) is 140 Å². The van der Waals surface area contributed by atoms with Gasteiger partial charge in [0.25, 0.3) is 0 Å². The van der Waals surface area contributed by atoms with Crippen LogP contribution in [0.25, 0.3) is 0 Å². The van der Waals surface area contributed by atoms with E-state index in [2.05, 4.69) is 20.6 Å². The average Bonchev–Trinajstić information content (AvgIpc) is 3.36. The molecular weight excluding hydrogens is 424 g/mol. The highest BCUT2D eigenvalue weighted by Gasteiger charge is 2.31. The zero-order valence-corrected chi connectivity index (χ0v) is 17.9. The van der Waals surface area contributed by atoms with Crippen molar-refractivity contribution < 1.29 is 18.1 Å². The van der Waals surface area contributed by atoms with Gasteiger partial charge in [0.1, 0.15) is 16.8 Å². The lowest BCUT2D eigenvalue weighted by atomic mass is 10.3. The fourth-order valence-corrected chi connectivity index (χ4v) is 5.03. The number of anilines is 3. The third kappa shape index (κ3) is 4.69. The van der Waals surface area contributed by atoms with Crippen molar-refractivity contribution in [3.8, 4) is 5.75 Å². The number of hydrogen-bond acceptors (Lipinski definition) is 9. The minimum absolute atomic E-state index is 0.0690. The lowest BCUT2D eigenvalue weighted by Gasteiger charge is -2.19. The SMILES string of the molecule is CCOc1ccc(Nc2ncc([N+](=O)[O-])c(NC3CC3)n2)cc1S(=O)(=O)N1CCCC1. The highest BCUT2D eigenvalue weighted by atomic mass is 32.2. The molecule has 1 saturated heterocycles. The summed E-state index contributed by atoms with van der Waals surface area (Å²) < 4.78 is 33.3. The lowest BCUT2D eigenvalue weighted by molar-refractivity contribution is -0.384. The molecule has 166 valence electrons. The van der Waals surface area contributed by atoms with Crippen LogP contribution in [0.5, 0.6) is 5.75 Å². The van der Waals surface area contributed by atoms with Gasteiger partial charge in [0.2, 0.25) is 21.8 Å². The predicted molar refractivity (Wildman–Crippen MR) is 114 cm³/mol. The van der Waals surface area contributed by atoms with Crippen molar-refractivity contribution in [2.45, 2.75) is 43.5 Å². The number of rotatable bonds is 9. The molecule has 1 aromatic heterocycles. The van der Waals surface area contributed by atoms with Crippen LogP contribution in [0, 0.1) is 10.1 Å². The quantitative estimate of drug-likeness (QED) is 0.438. The number of hydrogen-bond donors (Lipinski definition) is 2. The molecule has 1 aromatic carbocycles. The number of nitro groups is 1.